The number of benzene rings is 1. The number of H-pyrrole nitrogens is 1. The molecule has 2 rings (SSSR count). The highest BCUT2D eigenvalue weighted by atomic mass is 15.1. The zero-order valence-electron chi connectivity index (χ0n) is 27.7. The SMILES string of the molecule is CCCCCCCCCCCCCCCCCC[C@H](CCCCCCCC)c1[nH]cc[n+]1CCCc1ccccc1. The van der Waals surface area contributed by atoms with Gasteiger partial charge in [-0.25, -0.2) is 9.55 Å². The van der Waals surface area contributed by atoms with Gasteiger partial charge >= 0.3 is 0 Å². The van der Waals surface area contributed by atoms with Crippen molar-refractivity contribution in [2.45, 2.75) is 193 Å². The molecule has 2 nitrogen and oxygen atoms in total. The van der Waals surface area contributed by atoms with Gasteiger partial charge in [0, 0.05) is 0 Å². The van der Waals surface area contributed by atoms with E-state index in [1.54, 1.807) is 0 Å². The highest BCUT2D eigenvalue weighted by molar-refractivity contribution is 5.14. The summed E-state index contributed by atoms with van der Waals surface area (Å²) < 4.78 is 2.54. The predicted octanol–water partition coefficient (Wildman–Crippen LogP) is 12.4. The second-order valence-electron chi connectivity index (χ2n) is 13.0. The maximum Gasteiger partial charge on any atom is 0.257 e. The Hall–Kier alpha value is -1.57. The van der Waals surface area contributed by atoms with Crippen molar-refractivity contribution in [3.8, 4) is 0 Å². The molecule has 1 heterocycles. The molecule has 0 unspecified atom stereocenters. The molecular weight excluding hydrogens is 496 g/mol. The van der Waals surface area contributed by atoms with Crippen LogP contribution in [0.4, 0.5) is 0 Å². The van der Waals surface area contributed by atoms with Gasteiger partial charge in [0.15, 0.2) is 0 Å². The third kappa shape index (κ3) is 18.6. The Labute approximate surface area is 256 Å². The van der Waals surface area contributed by atoms with E-state index in [2.05, 4.69) is 66.1 Å². The van der Waals surface area contributed by atoms with E-state index in [1.807, 2.05) is 0 Å². The molecule has 0 bridgehead atoms. The molecule has 0 saturated heterocycles. The zero-order valence-corrected chi connectivity index (χ0v) is 27.7. The number of hydrogen-bond acceptors (Lipinski definition) is 0. The molecule has 2 heteroatoms. The van der Waals surface area contributed by atoms with Crippen molar-refractivity contribution in [3.05, 3.63) is 54.1 Å². The van der Waals surface area contributed by atoms with E-state index in [0.717, 1.165) is 6.54 Å². The van der Waals surface area contributed by atoms with Crippen molar-refractivity contribution in [3.63, 3.8) is 0 Å². The minimum absolute atomic E-state index is 0.694. The smallest absolute Gasteiger partial charge is 0.247 e. The summed E-state index contributed by atoms with van der Waals surface area (Å²) in [4.78, 5) is 3.68. The molecule has 1 N–H and O–H groups in total. The van der Waals surface area contributed by atoms with Crippen LogP contribution in [0.1, 0.15) is 192 Å². The Morgan fingerprint density at radius 2 is 0.976 bits per heavy atom. The normalized spacial score (nSPS) is 12.2. The van der Waals surface area contributed by atoms with Crippen LogP contribution in [-0.4, -0.2) is 4.98 Å². The summed E-state index contributed by atoms with van der Waals surface area (Å²) in [5.74, 6) is 2.19. The van der Waals surface area contributed by atoms with Crippen LogP contribution < -0.4 is 4.57 Å². The Kier molecular flexibility index (Phi) is 22.7. The third-order valence-electron chi connectivity index (χ3n) is 9.20. The molecule has 0 amide bonds. The minimum Gasteiger partial charge on any atom is -0.247 e. The van der Waals surface area contributed by atoms with Crippen molar-refractivity contribution in [2.24, 2.45) is 0 Å². The number of unbranched alkanes of at least 4 members (excludes halogenated alkanes) is 20. The van der Waals surface area contributed by atoms with Crippen LogP contribution in [0.25, 0.3) is 0 Å². The fourth-order valence-corrected chi connectivity index (χ4v) is 6.55. The van der Waals surface area contributed by atoms with Crippen LogP contribution in [0.5, 0.6) is 0 Å². The van der Waals surface area contributed by atoms with Gasteiger partial charge in [-0.3, -0.25) is 0 Å². The highest BCUT2D eigenvalue weighted by Crippen LogP contribution is 2.26. The Bertz CT molecular complexity index is 795. The molecule has 1 aromatic carbocycles. The molecule has 0 saturated carbocycles. The largest absolute Gasteiger partial charge is 0.257 e. The third-order valence-corrected chi connectivity index (χ3v) is 9.20. The van der Waals surface area contributed by atoms with E-state index in [0.29, 0.717) is 5.92 Å². The summed E-state index contributed by atoms with van der Waals surface area (Å²) >= 11 is 0. The number of imidazole rings is 1. The molecule has 0 radical (unpaired) electrons. The first-order valence-electron chi connectivity index (χ1n) is 18.5. The molecule has 0 aliphatic heterocycles. The van der Waals surface area contributed by atoms with Gasteiger partial charge < -0.3 is 0 Å². The van der Waals surface area contributed by atoms with E-state index < -0.39 is 0 Å². The average Bonchev–Trinajstić information content (AvgIpc) is 3.46. The summed E-state index contributed by atoms with van der Waals surface area (Å²) in [7, 11) is 0. The van der Waals surface area contributed by atoms with Crippen LogP contribution in [0, 0.1) is 0 Å². The highest BCUT2D eigenvalue weighted by Gasteiger charge is 2.22. The van der Waals surface area contributed by atoms with Crippen molar-refractivity contribution in [1.29, 1.82) is 0 Å². The van der Waals surface area contributed by atoms with Crippen LogP contribution in [-0.2, 0) is 13.0 Å². The molecule has 1 atom stereocenters. The fraction of sp³-hybridized carbons (Fsp3) is 0.769. The number of aryl methyl sites for hydroxylation is 2. The van der Waals surface area contributed by atoms with Crippen molar-refractivity contribution >= 4 is 0 Å². The number of rotatable bonds is 29. The maximum atomic E-state index is 3.68. The van der Waals surface area contributed by atoms with Crippen LogP contribution >= 0.6 is 0 Å². The van der Waals surface area contributed by atoms with Crippen LogP contribution in [0.2, 0.25) is 0 Å². The first-order chi connectivity index (χ1) is 20.3. The number of nitrogens with one attached hydrogen (secondary N) is 1. The van der Waals surface area contributed by atoms with Gasteiger partial charge in [-0.2, -0.15) is 0 Å². The summed E-state index contributed by atoms with van der Waals surface area (Å²) in [5.41, 5.74) is 1.46. The minimum atomic E-state index is 0.694. The van der Waals surface area contributed by atoms with E-state index >= 15 is 0 Å². The molecular formula is C39H69N2+. The standard InChI is InChI=1S/C39H68N2/c1-3-5-7-9-11-12-13-14-15-16-17-18-19-20-22-27-33-38(32-26-21-10-8-6-4-2)39-40-34-36-41(39)35-28-31-37-29-24-23-25-30-37/h23-25,29-30,34,36,38H,3-22,26-28,31-33,35H2,1-2H3/p+1/t38-/m0/s1. The lowest BCUT2D eigenvalue weighted by Crippen LogP contribution is -2.37. The molecule has 1 aromatic heterocycles. The Morgan fingerprint density at radius 3 is 1.44 bits per heavy atom. The van der Waals surface area contributed by atoms with Gasteiger partial charge in [0.25, 0.3) is 5.82 Å². The van der Waals surface area contributed by atoms with Gasteiger partial charge in [0.2, 0.25) is 0 Å². The van der Waals surface area contributed by atoms with Crippen molar-refractivity contribution < 1.29 is 4.57 Å². The predicted molar refractivity (Wildman–Crippen MR) is 181 cm³/mol. The van der Waals surface area contributed by atoms with Gasteiger partial charge in [-0.05, 0) is 31.2 Å². The second-order valence-corrected chi connectivity index (χ2v) is 13.0. The lowest BCUT2D eigenvalue weighted by atomic mass is 9.93. The van der Waals surface area contributed by atoms with Crippen molar-refractivity contribution in [1.82, 2.24) is 4.98 Å². The van der Waals surface area contributed by atoms with Crippen LogP contribution in [0.15, 0.2) is 42.7 Å². The summed E-state index contributed by atoms with van der Waals surface area (Å²) in [5, 5.41) is 0. The summed E-state index contributed by atoms with van der Waals surface area (Å²) in [6.45, 7) is 5.75. The van der Waals surface area contributed by atoms with Gasteiger partial charge in [-0.15, -0.1) is 0 Å². The topological polar surface area (TPSA) is 19.7 Å². The number of aromatic amines is 1. The average molecular weight is 566 g/mol. The molecule has 0 spiro atoms. The summed E-state index contributed by atoms with van der Waals surface area (Å²) in [6.07, 6.45) is 41.1. The monoisotopic (exact) mass is 566 g/mol. The molecule has 0 aliphatic carbocycles. The van der Waals surface area contributed by atoms with Crippen molar-refractivity contribution in [2.75, 3.05) is 0 Å². The van der Waals surface area contributed by atoms with Crippen LogP contribution in [0.3, 0.4) is 0 Å². The van der Waals surface area contributed by atoms with Gasteiger partial charge in [0.05, 0.1) is 12.5 Å². The van der Waals surface area contributed by atoms with Gasteiger partial charge in [-0.1, -0.05) is 185 Å². The first kappa shape index (κ1) is 35.6. The zero-order chi connectivity index (χ0) is 29.1. The first-order valence-corrected chi connectivity index (χ1v) is 18.5. The number of nitrogens with zero attached hydrogens (tertiary/aromatic N) is 1. The molecule has 234 valence electrons. The van der Waals surface area contributed by atoms with E-state index in [1.165, 1.54) is 178 Å². The molecule has 41 heavy (non-hydrogen) atoms. The second kappa shape index (κ2) is 26.1. The fourth-order valence-electron chi connectivity index (χ4n) is 6.55. The van der Waals surface area contributed by atoms with E-state index in [9.17, 15) is 0 Å². The summed E-state index contributed by atoms with van der Waals surface area (Å²) in [6, 6.07) is 11.0. The molecule has 0 aliphatic rings. The number of hydrogen-bond donors (Lipinski definition) is 1. The lowest BCUT2D eigenvalue weighted by Gasteiger charge is -2.14. The Balaban J connectivity index is 1.61. The lowest BCUT2D eigenvalue weighted by molar-refractivity contribution is -0.704. The van der Waals surface area contributed by atoms with E-state index in [4.69, 9.17) is 0 Å². The Morgan fingerprint density at radius 1 is 0.537 bits per heavy atom. The molecule has 0 fully saturated rings. The van der Waals surface area contributed by atoms with Gasteiger partial charge in [0.1, 0.15) is 12.4 Å². The van der Waals surface area contributed by atoms with E-state index in [-0.39, 0.29) is 0 Å². The maximum absolute atomic E-state index is 3.68. The molecule has 2 aromatic rings. The number of aromatic nitrogens is 2. The quantitative estimate of drug-likeness (QED) is 0.0747.